The molecule has 0 saturated heterocycles. The molecule has 0 rings (SSSR count). The van der Waals surface area contributed by atoms with Crippen LogP contribution >= 0.6 is 12.6 Å². The average Bonchev–Trinajstić information content (AvgIpc) is 1.86. The summed E-state index contributed by atoms with van der Waals surface area (Å²) in [7, 11) is 0. The highest BCUT2D eigenvalue weighted by Gasteiger charge is 2.06. The molecule has 0 aliphatic carbocycles. The maximum atomic E-state index is 10.4. The quantitative estimate of drug-likeness (QED) is 0.404. The SMILES string of the molecule is NCCCCC(O)CC(=O)S. The van der Waals surface area contributed by atoms with E-state index in [1.165, 1.54) is 0 Å². The van der Waals surface area contributed by atoms with E-state index in [4.69, 9.17) is 10.8 Å². The van der Waals surface area contributed by atoms with Crippen LogP contribution in [0.4, 0.5) is 0 Å². The fourth-order valence-electron chi connectivity index (χ4n) is 0.828. The smallest absolute Gasteiger partial charge is 0.188 e. The van der Waals surface area contributed by atoms with E-state index in [-0.39, 0.29) is 11.5 Å². The Kier molecular flexibility index (Phi) is 6.60. The summed E-state index contributed by atoms with van der Waals surface area (Å²) < 4.78 is 0. The molecule has 66 valence electrons. The monoisotopic (exact) mass is 177 g/mol. The highest BCUT2D eigenvalue weighted by Crippen LogP contribution is 2.05. The van der Waals surface area contributed by atoms with Crippen LogP contribution in [-0.4, -0.2) is 22.9 Å². The van der Waals surface area contributed by atoms with Crippen LogP contribution in [0.2, 0.25) is 0 Å². The zero-order valence-corrected chi connectivity index (χ0v) is 7.39. The zero-order chi connectivity index (χ0) is 8.69. The van der Waals surface area contributed by atoms with Gasteiger partial charge in [0, 0.05) is 6.42 Å². The lowest BCUT2D eigenvalue weighted by Gasteiger charge is -2.06. The van der Waals surface area contributed by atoms with Crippen LogP contribution in [-0.2, 0) is 4.79 Å². The summed E-state index contributed by atoms with van der Waals surface area (Å²) in [6.45, 7) is 0.640. The molecule has 1 atom stereocenters. The van der Waals surface area contributed by atoms with Crippen molar-refractivity contribution in [1.29, 1.82) is 0 Å². The molecule has 3 N–H and O–H groups in total. The summed E-state index contributed by atoms with van der Waals surface area (Å²) in [5.74, 6) is 0. The number of hydrogen-bond acceptors (Lipinski definition) is 3. The number of rotatable bonds is 6. The molecular weight excluding hydrogens is 162 g/mol. The number of carbonyl (C=O) groups excluding carboxylic acids is 1. The molecule has 0 spiro atoms. The molecule has 0 amide bonds. The first-order chi connectivity index (χ1) is 5.16. The van der Waals surface area contributed by atoms with Gasteiger partial charge in [-0.1, -0.05) is 0 Å². The minimum Gasteiger partial charge on any atom is -0.393 e. The van der Waals surface area contributed by atoms with Gasteiger partial charge in [-0.2, -0.15) is 0 Å². The van der Waals surface area contributed by atoms with E-state index in [9.17, 15) is 4.79 Å². The van der Waals surface area contributed by atoms with Crippen molar-refractivity contribution in [2.45, 2.75) is 31.8 Å². The van der Waals surface area contributed by atoms with Crippen LogP contribution in [0.5, 0.6) is 0 Å². The molecular formula is C7H15NO2S. The van der Waals surface area contributed by atoms with E-state index in [1.807, 2.05) is 0 Å². The second-order valence-corrected chi connectivity index (χ2v) is 3.03. The largest absolute Gasteiger partial charge is 0.393 e. The molecule has 0 bridgehead atoms. The molecule has 0 radical (unpaired) electrons. The number of thiol groups is 1. The topological polar surface area (TPSA) is 63.3 Å². The van der Waals surface area contributed by atoms with Crippen molar-refractivity contribution in [3.8, 4) is 0 Å². The third-order valence-corrected chi connectivity index (χ3v) is 1.58. The summed E-state index contributed by atoms with van der Waals surface area (Å²) in [5, 5.41) is 8.88. The lowest BCUT2D eigenvalue weighted by molar-refractivity contribution is -0.112. The number of hydrogen-bond donors (Lipinski definition) is 3. The highest BCUT2D eigenvalue weighted by atomic mass is 32.1. The second-order valence-electron chi connectivity index (χ2n) is 2.54. The molecule has 0 aliphatic heterocycles. The lowest BCUT2D eigenvalue weighted by atomic mass is 10.1. The van der Waals surface area contributed by atoms with Crippen molar-refractivity contribution < 1.29 is 9.90 Å². The third kappa shape index (κ3) is 7.84. The average molecular weight is 177 g/mol. The van der Waals surface area contributed by atoms with Crippen LogP contribution < -0.4 is 5.73 Å². The van der Waals surface area contributed by atoms with Gasteiger partial charge in [0.1, 0.15) is 0 Å². The van der Waals surface area contributed by atoms with Crippen molar-refractivity contribution in [3.63, 3.8) is 0 Å². The predicted octanol–water partition coefficient (Wildman–Crippen LogP) is 0.323. The van der Waals surface area contributed by atoms with Crippen LogP contribution in [0.3, 0.4) is 0 Å². The van der Waals surface area contributed by atoms with Crippen molar-refractivity contribution in [3.05, 3.63) is 0 Å². The normalized spacial score (nSPS) is 13.0. The molecule has 0 heterocycles. The highest BCUT2D eigenvalue weighted by molar-refractivity contribution is 7.96. The van der Waals surface area contributed by atoms with Crippen LogP contribution in [0, 0.1) is 0 Å². The van der Waals surface area contributed by atoms with E-state index >= 15 is 0 Å². The summed E-state index contributed by atoms with van der Waals surface area (Å²) in [6, 6.07) is 0. The van der Waals surface area contributed by atoms with Gasteiger partial charge in [-0.05, 0) is 25.8 Å². The van der Waals surface area contributed by atoms with Crippen molar-refractivity contribution in [1.82, 2.24) is 0 Å². The lowest BCUT2D eigenvalue weighted by Crippen LogP contribution is -2.10. The van der Waals surface area contributed by atoms with Gasteiger partial charge in [0.15, 0.2) is 5.12 Å². The van der Waals surface area contributed by atoms with E-state index in [2.05, 4.69) is 12.6 Å². The Morgan fingerprint density at radius 3 is 2.64 bits per heavy atom. The van der Waals surface area contributed by atoms with Crippen molar-refractivity contribution in [2.24, 2.45) is 5.73 Å². The molecule has 0 aromatic heterocycles. The zero-order valence-electron chi connectivity index (χ0n) is 6.49. The number of carbonyl (C=O) groups is 1. The Morgan fingerprint density at radius 1 is 1.55 bits per heavy atom. The minimum atomic E-state index is -0.536. The van der Waals surface area contributed by atoms with Gasteiger partial charge >= 0.3 is 0 Å². The summed E-state index contributed by atoms with van der Waals surface area (Å²) in [6.07, 6.45) is 2.03. The van der Waals surface area contributed by atoms with Gasteiger partial charge in [-0.25, -0.2) is 0 Å². The Balaban J connectivity index is 3.22. The first kappa shape index (κ1) is 10.9. The van der Waals surface area contributed by atoms with Gasteiger partial charge in [0.05, 0.1) is 6.10 Å². The third-order valence-electron chi connectivity index (χ3n) is 1.40. The standard InChI is InChI=1S/C7H15NO2S/c8-4-2-1-3-6(9)5-7(10)11/h6,9H,1-5,8H2,(H,10,11). The summed E-state index contributed by atoms with van der Waals surface area (Å²) in [5.41, 5.74) is 5.25. The van der Waals surface area contributed by atoms with Gasteiger partial charge in [0.2, 0.25) is 0 Å². The Hall–Kier alpha value is -0.0600. The Bertz CT molecular complexity index is 119. The van der Waals surface area contributed by atoms with Crippen molar-refractivity contribution in [2.75, 3.05) is 6.54 Å². The van der Waals surface area contributed by atoms with Crippen LogP contribution in [0.25, 0.3) is 0 Å². The van der Waals surface area contributed by atoms with Gasteiger partial charge in [-0.3, -0.25) is 4.79 Å². The van der Waals surface area contributed by atoms with Gasteiger partial charge < -0.3 is 10.8 Å². The number of nitrogens with two attached hydrogens (primary N) is 1. The maximum Gasteiger partial charge on any atom is 0.188 e. The fourth-order valence-corrected chi connectivity index (χ4v) is 1.04. The summed E-state index contributed by atoms with van der Waals surface area (Å²) >= 11 is 3.56. The van der Waals surface area contributed by atoms with Crippen LogP contribution in [0.1, 0.15) is 25.7 Å². The fraction of sp³-hybridized carbons (Fsp3) is 0.857. The number of aliphatic hydroxyl groups is 1. The van der Waals surface area contributed by atoms with E-state index < -0.39 is 6.10 Å². The molecule has 0 saturated carbocycles. The number of unbranched alkanes of at least 4 members (excludes halogenated alkanes) is 1. The second kappa shape index (κ2) is 6.64. The molecule has 11 heavy (non-hydrogen) atoms. The van der Waals surface area contributed by atoms with E-state index in [1.54, 1.807) is 0 Å². The Morgan fingerprint density at radius 2 is 2.18 bits per heavy atom. The van der Waals surface area contributed by atoms with E-state index in [0.717, 1.165) is 12.8 Å². The van der Waals surface area contributed by atoms with E-state index in [0.29, 0.717) is 13.0 Å². The first-order valence-corrected chi connectivity index (χ1v) is 4.21. The predicted molar refractivity (Wildman–Crippen MR) is 47.5 cm³/mol. The van der Waals surface area contributed by atoms with Gasteiger partial charge in [-0.15, -0.1) is 12.6 Å². The molecule has 0 aromatic rings. The minimum absolute atomic E-state index is 0.147. The number of aliphatic hydroxyl groups excluding tert-OH is 1. The molecule has 0 fully saturated rings. The molecule has 0 aromatic carbocycles. The maximum absolute atomic E-state index is 10.4. The van der Waals surface area contributed by atoms with Crippen molar-refractivity contribution >= 4 is 17.7 Å². The molecule has 1 unspecified atom stereocenters. The molecule has 4 heteroatoms. The van der Waals surface area contributed by atoms with Crippen LogP contribution in [0.15, 0.2) is 0 Å². The molecule has 0 aliphatic rings. The first-order valence-electron chi connectivity index (χ1n) is 3.76. The molecule has 3 nitrogen and oxygen atoms in total. The Labute approximate surface area is 72.4 Å². The van der Waals surface area contributed by atoms with Gasteiger partial charge in [0.25, 0.3) is 0 Å². The summed E-state index contributed by atoms with van der Waals surface area (Å²) in [4.78, 5) is 10.4.